The summed E-state index contributed by atoms with van der Waals surface area (Å²) in [5.41, 5.74) is 1.62. The Morgan fingerprint density at radius 3 is 1.18 bits per heavy atom. The van der Waals surface area contributed by atoms with Gasteiger partial charge in [0, 0.05) is 11.4 Å². The minimum Gasteiger partial charge on any atom is -0.497 e. The van der Waals surface area contributed by atoms with E-state index in [0.717, 1.165) is 0 Å². The molecule has 0 spiro atoms. The van der Waals surface area contributed by atoms with Crippen molar-refractivity contribution in [3.63, 3.8) is 0 Å². The second-order valence-corrected chi connectivity index (χ2v) is 8.41. The minimum atomic E-state index is -1.35. The van der Waals surface area contributed by atoms with Crippen molar-refractivity contribution in [3.05, 3.63) is 72.8 Å². The van der Waals surface area contributed by atoms with E-state index in [2.05, 4.69) is 31.1 Å². The van der Waals surface area contributed by atoms with Gasteiger partial charge in [-0.1, -0.05) is 0 Å². The van der Waals surface area contributed by atoms with Gasteiger partial charge < -0.3 is 20.1 Å². The molecular weight excluding hydrogens is 516 g/mol. The van der Waals surface area contributed by atoms with Gasteiger partial charge >= 0.3 is 0 Å². The number of azo groups is 2. The van der Waals surface area contributed by atoms with Crippen LogP contribution >= 0.6 is 0 Å². The van der Waals surface area contributed by atoms with Crippen molar-refractivity contribution < 1.29 is 28.7 Å². The first-order chi connectivity index (χ1) is 19.2. The number of carbonyl (C=O) groups is 4. The summed E-state index contributed by atoms with van der Waals surface area (Å²) in [5, 5.41) is 20.9. The summed E-state index contributed by atoms with van der Waals surface area (Å²) in [5.74, 6) is -1.05. The van der Waals surface area contributed by atoms with Crippen LogP contribution in [-0.2, 0) is 19.2 Å². The Morgan fingerprint density at radius 2 is 0.900 bits per heavy atom. The van der Waals surface area contributed by atoms with Gasteiger partial charge in [0.1, 0.15) is 11.5 Å². The van der Waals surface area contributed by atoms with E-state index < -0.39 is 35.5 Å². The average molecular weight is 545 g/mol. The first-order valence-electron chi connectivity index (χ1n) is 12.0. The summed E-state index contributed by atoms with van der Waals surface area (Å²) < 4.78 is 10.2. The molecule has 2 atom stereocenters. The highest BCUT2D eigenvalue weighted by Gasteiger charge is 2.24. The first kappa shape index (κ1) is 29.3. The van der Waals surface area contributed by atoms with Gasteiger partial charge in [0.2, 0.25) is 12.1 Å². The van der Waals surface area contributed by atoms with E-state index in [-0.39, 0.29) is 0 Å². The largest absolute Gasteiger partial charge is 0.497 e. The molecule has 12 heteroatoms. The monoisotopic (exact) mass is 544 g/mol. The molecular formula is C28H28N6O6. The van der Waals surface area contributed by atoms with Gasteiger partial charge in [-0.25, -0.2) is 0 Å². The van der Waals surface area contributed by atoms with Crippen molar-refractivity contribution in [2.75, 3.05) is 24.9 Å². The van der Waals surface area contributed by atoms with Crippen LogP contribution in [-0.4, -0.2) is 49.7 Å². The quantitative estimate of drug-likeness (QED) is 0.239. The molecule has 3 aromatic rings. The molecule has 0 bridgehead atoms. The van der Waals surface area contributed by atoms with Crippen molar-refractivity contribution in [2.24, 2.45) is 20.5 Å². The van der Waals surface area contributed by atoms with Crippen molar-refractivity contribution in [1.82, 2.24) is 0 Å². The Kier molecular flexibility index (Phi) is 10.3. The standard InChI is InChI=1S/C28H28N6O6/c1-17(35)25(33-31-21-9-13-23(39-3)14-10-21)27(37)29-19-5-7-20(8-6-19)30-28(38)26(18(2)36)34-32-22-11-15-24(40-4)16-12-22/h5-16,25-26H,1-4H3,(H,29,37)(H,30,38). The predicted octanol–water partition coefficient (Wildman–Crippen LogP) is 5.06. The topological polar surface area (TPSA) is 160 Å². The lowest BCUT2D eigenvalue weighted by molar-refractivity contribution is -0.127. The molecule has 0 radical (unpaired) electrons. The Balaban J connectivity index is 1.62. The van der Waals surface area contributed by atoms with E-state index in [1.807, 2.05) is 0 Å². The number of hydrogen-bond acceptors (Lipinski definition) is 10. The summed E-state index contributed by atoms with van der Waals surface area (Å²) in [6, 6.07) is 16.7. The number of rotatable bonds is 12. The molecule has 2 N–H and O–H groups in total. The normalized spacial score (nSPS) is 12.5. The van der Waals surface area contributed by atoms with Gasteiger partial charge in [-0.05, 0) is 86.6 Å². The first-order valence-corrected chi connectivity index (χ1v) is 12.0. The fraction of sp³-hybridized carbons (Fsp3) is 0.214. The van der Waals surface area contributed by atoms with E-state index in [4.69, 9.17) is 9.47 Å². The van der Waals surface area contributed by atoms with Gasteiger partial charge in [0.15, 0.2) is 11.6 Å². The van der Waals surface area contributed by atoms with Crippen molar-refractivity contribution in [3.8, 4) is 11.5 Å². The molecule has 3 aromatic carbocycles. The van der Waals surface area contributed by atoms with E-state index in [1.54, 1.807) is 48.5 Å². The molecule has 3 rings (SSSR count). The van der Waals surface area contributed by atoms with Gasteiger partial charge in [0.25, 0.3) is 11.8 Å². The van der Waals surface area contributed by atoms with E-state index >= 15 is 0 Å². The molecule has 0 saturated carbocycles. The summed E-state index contributed by atoms with van der Waals surface area (Å²) in [7, 11) is 3.07. The van der Waals surface area contributed by atoms with Gasteiger partial charge in [-0.15, -0.1) is 0 Å². The van der Waals surface area contributed by atoms with Crippen LogP contribution in [0.15, 0.2) is 93.3 Å². The molecule has 0 fully saturated rings. The number of hydrogen-bond donors (Lipinski definition) is 2. The molecule has 0 aromatic heterocycles. The maximum atomic E-state index is 12.7. The molecule has 0 aliphatic carbocycles. The van der Waals surface area contributed by atoms with Crippen molar-refractivity contribution >= 4 is 46.1 Å². The maximum Gasteiger partial charge on any atom is 0.258 e. The Labute approximate surface area is 230 Å². The fourth-order valence-electron chi connectivity index (χ4n) is 3.24. The zero-order valence-electron chi connectivity index (χ0n) is 22.3. The number of methoxy groups -OCH3 is 2. The molecule has 40 heavy (non-hydrogen) atoms. The lowest BCUT2D eigenvalue weighted by atomic mass is 10.2. The van der Waals surface area contributed by atoms with Crippen LogP contribution in [0.5, 0.6) is 11.5 Å². The third kappa shape index (κ3) is 8.38. The smallest absolute Gasteiger partial charge is 0.258 e. The molecule has 12 nitrogen and oxygen atoms in total. The van der Waals surface area contributed by atoms with E-state index in [1.165, 1.54) is 52.3 Å². The Bertz CT molecular complexity index is 1290. The van der Waals surface area contributed by atoms with Crippen LogP contribution in [0.2, 0.25) is 0 Å². The molecule has 2 amide bonds. The minimum absolute atomic E-state index is 0.358. The number of carbonyl (C=O) groups excluding carboxylic acids is 4. The van der Waals surface area contributed by atoms with Crippen molar-refractivity contribution in [2.45, 2.75) is 25.9 Å². The summed E-state index contributed by atoms with van der Waals surface area (Å²) in [6.07, 6.45) is 0. The van der Waals surface area contributed by atoms with Crippen molar-refractivity contribution in [1.29, 1.82) is 0 Å². The van der Waals surface area contributed by atoms with Crippen LogP contribution in [0.3, 0.4) is 0 Å². The number of ketones is 2. The highest BCUT2D eigenvalue weighted by atomic mass is 16.5. The Hall–Kier alpha value is -5.26. The third-order valence-corrected chi connectivity index (χ3v) is 5.41. The van der Waals surface area contributed by atoms with Crippen LogP contribution in [0.1, 0.15) is 13.8 Å². The van der Waals surface area contributed by atoms with Crippen LogP contribution < -0.4 is 20.1 Å². The maximum absolute atomic E-state index is 12.7. The Morgan fingerprint density at radius 1 is 0.575 bits per heavy atom. The lowest BCUT2D eigenvalue weighted by Crippen LogP contribution is -2.32. The highest BCUT2D eigenvalue weighted by molar-refractivity contribution is 6.11. The number of benzene rings is 3. The van der Waals surface area contributed by atoms with Crippen LogP contribution in [0, 0.1) is 0 Å². The molecule has 0 aliphatic heterocycles. The SMILES string of the molecule is COc1ccc(N=NC(C(C)=O)C(=O)Nc2ccc(NC(=O)C(N=Nc3ccc(OC)cc3)C(C)=O)cc2)cc1. The highest BCUT2D eigenvalue weighted by Crippen LogP contribution is 2.21. The summed E-state index contributed by atoms with van der Waals surface area (Å²) in [4.78, 5) is 49.4. The summed E-state index contributed by atoms with van der Waals surface area (Å²) >= 11 is 0. The lowest BCUT2D eigenvalue weighted by Gasteiger charge is -2.12. The zero-order chi connectivity index (χ0) is 29.1. The number of nitrogens with zero attached hydrogens (tertiary/aromatic N) is 4. The molecule has 0 heterocycles. The molecule has 0 aliphatic rings. The van der Waals surface area contributed by atoms with Crippen LogP contribution in [0.25, 0.3) is 0 Å². The van der Waals surface area contributed by atoms with Gasteiger partial charge in [-0.2, -0.15) is 20.5 Å². The fourth-order valence-corrected chi connectivity index (χ4v) is 3.24. The van der Waals surface area contributed by atoms with Crippen LogP contribution in [0.4, 0.5) is 22.7 Å². The molecule has 2 unspecified atom stereocenters. The van der Waals surface area contributed by atoms with E-state index in [0.29, 0.717) is 34.2 Å². The number of anilines is 2. The average Bonchev–Trinajstić information content (AvgIpc) is 2.94. The molecule has 206 valence electrons. The number of ether oxygens (including phenoxy) is 2. The predicted molar refractivity (Wildman–Crippen MR) is 148 cm³/mol. The summed E-state index contributed by atoms with van der Waals surface area (Å²) in [6.45, 7) is 2.49. The van der Waals surface area contributed by atoms with E-state index in [9.17, 15) is 19.2 Å². The van der Waals surface area contributed by atoms with Gasteiger partial charge in [-0.3, -0.25) is 19.2 Å². The number of nitrogens with one attached hydrogen (secondary N) is 2. The van der Waals surface area contributed by atoms with Gasteiger partial charge in [0.05, 0.1) is 25.6 Å². The third-order valence-electron chi connectivity index (χ3n) is 5.41. The second kappa shape index (κ2) is 14.0. The molecule has 0 saturated heterocycles. The zero-order valence-corrected chi connectivity index (χ0v) is 22.3. The second-order valence-electron chi connectivity index (χ2n) is 8.41. The number of Topliss-reactive ketones (excluding diaryl/α,β-unsaturated/α-hetero) is 2. The number of amides is 2.